The van der Waals surface area contributed by atoms with Crippen molar-refractivity contribution in [3.05, 3.63) is 72.6 Å². The van der Waals surface area contributed by atoms with E-state index in [0.717, 1.165) is 11.1 Å². The van der Waals surface area contributed by atoms with Gasteiger partial charge in [-0.3, -0.25) is 0 Å². The van der Waals surface area contributed by atoms with Gasteiger partial charge in [-0.2, -0.15) is 5.10 Å². The Balaban J connectivity index is 2.03. The smallest absolute Gasteiger partial charge is 0.354 e. The van der Waals surface area contributed by atoms with Crippen molar-refractivity contribution < 1.29 is 15.0 Å². The van der Waals surface area contributed by atoms with Gasteiger partial charge in [-0.25, -0.2) is 14.3 Å². The average molecular weight is 331 g/mol. The lowest BCUT2D eigenvalue weighted by Crippen LogP contribution is -2.08. The van der Waals surface area contributed by atoms with Crippen molar-refractivity contribution >= 4 is 11.6 Å². The summed E-state index contributed by atoms with van der Waals surface area (Å²) in [6, 6.07) is 17.6. The number of aromatic hydroxyl groups is 1. The number of carboxylic acids is 1. The van der Waals surface area contributed by atoms with Gasteiger partial charge in [0.25, 0.3) is 0 Å². The first-order valence-electron chi connectivity index (χ1n) is 7.61. The van der Waals surface area contributed by atoms with Gasteiger partial charge in [-0.15, -0.1) is 0 Å². The minimum Gasteiger partial charge on any atom is -0.507 e. The van der Waals surface area contributed by atoms with Crippen LogP contribution in [-0.2, 0) is 0 Å². The molecule has 2 aromatic heterocycles. The number of carboxylic acid groups (broad SMARTS) is 1. The summed E-state index contributed by atoms with van der Waals surface area (Å²) in [5.41, 5.74) is 2.85. The Kier molecular flexibility index (Phi) is 3.43. The molecule has 4 aromatic rings. The highest BCUT2D eigenvalue weighted by molar-refractivity contribution is 5.90. The Hall–Kier alpha value is -3.67. The molecule has 122 valence electrons. The first kappa shape index (κ1) is 14.9. The van der Waals surface area contributed by atoms with Crippen molar-refractivity contribution in [1.29, 1.82) is 0 Å². The Morgan fingerprint density at radius 3 is 2.40 bits per heavy atom. The topological polar surface area (TPSA) is 87.7 Å². The maximum atomic E-state index is 11.7. The second-order valence-corrected chi connectivity index (χ2v) is 5.51. The SMILES string of the molecule is O=C(O)c1cc(-c2ccccc2O)nc2c(-c3ccccc3)cnn12. The third kappa shape index (κ3) is 2.49. The number of phenolic OH excluding ortho intramolecular Hbond substituents is 1. The third-order valence-corrected chi connectivity index (χ3v) is 3.96. The highest BCUT2D eigenvalue weighted by Crippen LogP contribution is 2.31. The maximum absolute atomic E-state index is 11.7. The van der Waals surface area contributed by atoms with Crippen molar-refractivity contribution in [2.45, 2.75) is 0 Å². The molecule has 0 saturated heterocycles. The molecule has 0 amide bonds. The Labute approximate surface area is 142 Å². The molecule has 6 heteroatoms. The molecule has 2 N–H and O–H groups in total. The molecule has 0 aliphatic rings. The lowest BCUT2D eigenvalue weighted by molar-refractivity contribution is 0.0687. The van der Waals surface area contributed by atoms with Gasteiger partial charge in [-0.05, 0) is 23.8 Å². The van der Waals surface area contributed by atoms with E-state index in [1.54, 1.807) is 24.4 Å². The number of aromatic carboxylic acids is 1. The molecule has 4 rings (SSSR count). The molecule has 0 aliphatic heterocycles. The number of hydrogen-bond acceptors (Lipinski definition) is 4. The molecule has 0 aliphatic carbocycles. The van der Waals surface area contributed by atoms with Crippen LogP contribution in [0.3, 0.4) is 0 Å². The summed E-state index contributed by atoms with van der Waals surface area (Å²) in [5, 5.41) is 23.8. The molecule has 0 spiro atoms. The van der Waals surface area contributed by atoms with Crippen LogP contribution in [0.25, 0.3) is 28.0 Å². The summed E-state index contributed by atoms with van der Waals surface area (Å²) in [7, 11) is 0. The highest BCUT2D eigenvalue weighted by atomic mass is 16.4. The molecular formula is C19H13N3O3. The molecule has 0 atom stereocenters. The lowest BCUT2D eigenvalue weighted by atomic mass is 10.1. The molecular weight excluding hydrogens is 318 g/mol. The largest absolute Gasteiger partial charge is 0.507 e. The van der Waals surface area contributed by atoms with Crippen LogP contribution >= 0.6 is 0 Å². The van der Waals surface area contributed by atoms with E-state index in [2.05, 4.69) is 10.1 Å². The van der Waals surface area contributed by atoms with Crippen LogP contribution in [0.4, 0.5) is 0 Å². The summed E-state index contributed by atoms with van der Waals surface area (Å²) in [4.78, 5) is 16.2. The number of carbonyl (C=O) groups is 1. The van der Waals surface area contributed by atoms with E-state index in [9.17, 15) is 15.0 Å². The number of benzene rings is 2. The predicted octanol–water partition coefficient (Wildman–Crippen LogP) is 3.47. The monoisotopic (exact) mass is 331 g/mol. The van der Waals surface area contributed by atoms with Gasteiger partial charge in [0, 0.05) is 11.1 Å². The van der Waals surface area contributed by atoms with Gasteiger partial charge in [-0.1, -0.05) is 42.5 Å². The van der Waals surface area contributed by atoms with E-state index in [-0.39, 0.29) is 11.4 Å². The number of para-hydroxylation sites is 1. The average Bonchev–Trinajstić information content (AvgIpc) is 3.06. The maximum Gasteiger partial charge on any atom is 0.354 e. The van der Waals surface area contributed by atoms with Gasteiger partial charge in [0.15, 0.2) is 11.3 Å². The van der Waals surface area contributed by atoms with E-state index in [4.69, 9.17) is 0 Å². The van der Waals surface area contributed by atoms with Crippen molar-refractivity contribution in [2.24, 2.45) is 0 Å². The van der Waals surface area contributed by atoms with E-state index >= 15 is 0 Å². The van der Waals surface area contributed by atoms with Gasteiger partial charge in [0.1, 0.15) is 5.75 Å². The van der Waals surface area contributed by atoms with Crippen molar-refractivity contribution in [1.82, 2.24) is 14.6 Å². The van der Waals surface area contributed by atoms with Crippen LogP contribution in [0, 0.1) is 0 Å². The number of nitrogens with zero attached hydrogens (tertiary/aromatic N) is 3. The molecule has 2 aromatic carbocycles. The Morgan fingerprint density at radius 2 is 1.68 bits per heavy atom. The fourth-order valence-electron chi connectivity index (χ4n) is 2.76. The number of phenols is 1. The zero-order valence-corrected chi connectivity index (χ0v) is 13.0. The van der Waals surface area contributed by atoms with Crippen LogP contribution < -0.4 is 0 Å². The summed E-state index contributed by atoms with van der Waals surface area (Å²) < 4.78 is 1.30. The van der Waals surface area contributed by atoms with E-state index in [0.29, 0.717) is 16.9 Å². The van der Waals surface area contributed by atoms with Gasteiger partial charge < -0.3 is 10.2 Å². The Morgan fingerprint density at radius 1 is 0.960 bits per heavy atom. The van der Waals surface area contributed by atoms with Crippen molar-refractivity contribution in [3.8, 4) is 28.1 Å². The zero-order valence-electron chi connectivity index (χ0n) is 13.0. The van der Waals surface area contributed by atoms with Crippen LogP contribution in [0.2, 0.25) is 0 Å². The number of aromatic nitrogens is 3. The summed E-state index contributed by atoms with van der Waals surface area (Å²) in [6.45, 7) is 0. The zero-order chi connectivity index (χ0) is 17.4. The normalized spacial score (nSPS) is 10.9. The standard InChI is InChI=1S/C19H13N3O3/c23-17-9-5-4-8-13(17)15-10-16(19(24)25)22-18(21-15)14(11-20-22)12-6-2-1-3-7-12/h1-11,23H,(H,24,25). The molecule has 2 heterocycles. The highest BCUT2D eigenvalue weighted by Gasteiger charge is 2.18. The van der Waals surface area contributed by atoms with Crippen LogP contribution in [0.1, 0.15) is 10.5 Å². The third-order valence-electron chi connectivity index (χ3n) is 3.96. The van der Waals surface area contributed by atoms with Crippen molar-refractivity contribution in [3.63, 3.8) is 0 Å². The fraction of sp³-hybridized carbons (Fsp3) is 0. The molecule has 0 fully saturated rings. The lowest BCUT2D eigenvalue weighted by Gasteiger charge is -2.08. The molecule has 0 bridgehead atoms. The van der Waals surface area contributed by atoms with Crippen LogP contribution in [0.5, 0.6) is 5.75 Å². The molecule has 0 radical (unpaired) electrons. The van der Waals surface area contributed by atoms with E-state index in [1.165, 1.54) is 16.6 Å². The second-order valence-electron chi connectivity index (χ2n) is 5.51. The number of rotatable bonds is 3. The first-order valence-corrected chi connectivity index (χ1v) is 7.61. The minimum atomic E-state index is -1.12. The van der Waals surface area contributed by atoms with Crippen LogP contribution in [0.15, 0.2) is 66.9 Å². The fourth-order valence-corrected chi connectivity index (χ4v) is 2.76. The van der Waals surface area contributed by atoms with Crippen molar-refractivity contribution in [2.75, 3.05) is 0 Å². The molecule has 25 heavy (non-hydrogen) atoms. The van der Waals surface area contributed by atoms with E-state index < -0.39 is 5.97 Å². The molecule has 0 unspecified atom stereocenters. The first-order chi connectivity index (χ1) is 12.1. The minimum absolute atomic E-state index is 0.0227. The summed E-state index contributed by atoms with van der Waals surface area (Å²) in [6.07, 6.45) is 1.60. The molecule has 6 nitrogen and oxygen atoms in total. The predicted molar refractivity (Wildman–Crippen MR) is 92.5 cm³/mol. The second kappa shape index (κ2) is 5.76. The quantitative estimate of drug-likeness (QED) is 0.600. The number of hydrogen-bond donors (Lipinski definition) is 2. The Bertz CT molecular complexity index is 1090. The van der Waals surface area contributed by atoms with E-state index in [1.807, 2.05) is 30.3 Å². The molecule has 0 saturated carbocycles. The van der Waals surface area contributed by atoms with Gasteiger partial charge in [0.2, 0.25) is 0 Å². The number of fused-ring (bicyclic) bond motifs is 1. The van der Waals surface area contributed by atoms with Gasteiger partial charge >= 0.3 is 5.97 Å². The summed E-state index contributed by atoms with van der Waals surface area (Å²) >= 11 is 0. The van der Waals surface area contributed by atoms with Gasteiger partial charge in [0.05, 0.1) is 11.9 Å². The summed E-state index contributed by atoms with van der Waals surface area (Å²) in [5.74, 6) is -1.08. The van der Waals surface area contributed by atoms with Crippen LogP contribution in [-0.4, -0.2) is 30.8 Å².